The molecule has 0 aromatic carbocycles. The van der Waals surface area contributed by atoms with Crippen LogP contribution in [0.1, 0.15) is 30.3 Å². The molecule has 0 atom stereocenters. The Bertz CT molecular complexity index is 821. The fourth-order valence-electron chi connectivity index (χ4n) is 2.83. The fourth-order valence-corrected chi connectivity index (χ4v) is 3.79. The van der Waals surface area contributed by atoms with E-state index in [1.165, 1.54) is 11.3 Å². The lowest BCUT2D eigenvalue weighted by Gasteiger charge is -2.32. The maximum absolute atomic E-state index is 12.7. The predicted octanol–water partition coefficient (Wildman–Crippen LogP) is 4.02. The number of alkyl halides is 3. The molecule has 1 aliphatic rings. The highest BCUT2D eigenvalue weighted by molar-refractivity contribution is 7.15. The van der Waals surface area contributed by atoms with E-state index >= 15 is 0 Å². The second-order valence-corrected chi connectivity index (χ2v) is 7.60. The molecule has 3 rings (SSSR count). The van der Waals surface area contributed by atoms with Crippen LogP contribution in [0.3, 0.4) is 0 Å². The molecule has 27 heavy (non-hydrogen) atoms. The summed E-state index contributed by atoms with van der Waals surface area (Å²) in [5.41, 5.74) is -0.881. The number of hydrogen-bond donors (Lipinski definition) is 1. The zero-order valence-electron chi connectivity index (χ0n) is 14.4. The van der Waals surface area contributed by atoms with Crippen molar-refractivity contribution in [3.8, 4) is 0 Å². The summed E-state index contributed by atoms with van der Waals surface area (Å²) in [6, 6.07) is 0.878. The SMILES string of the molecule is CCc1nnc(NC(=O)C2CCN(c3ncc(C(F)(F)F)cc3Cl)CC2)s1. The Morgan fingerprint density at radius 3 is 2.63 bits per heavy atom. The molecule has 0 spiro atoms. The van der Waals surface area contributed by atoms with Crippen molar-refractivity contribution < 1.29 is 18.0 Å². The highest BCUT2D eigenvalue weighted by atomic mass is 35.5. The lowest BCUT2D eigenvalue weighted by atomic mass is 9.96. The number of carbonyl (C=O) groups is 1. The highest BCUT2D eigenvalue weighted by Crippen LogP contribution is 2.34. The van der Waals surface area contributed by atoms with Crippen LogP contribution in [0.15, 0.2) is 12.3 Å². The summed E-state index contributed by atoms with van der Waals surface area (Å²) in [7, 11) is 0. The molecule has 1 saturated heterocycles. The van der Waals surface area contributed by atoms with Crippen molar-refractivity contribution in [3.05, 3.63) is 27.9 Å². The third kappa shape index (κ3) is 4.67. The van der Waals surface area contributed by atoms with Crippen molar-refractivity contribution in [1.29, 1.82) is 0 Å². The summed E-state index contributed by atoms with van der Waals surface area (Å²) in [5, 5.41) is 12.0. The lowest BCUT2D eigenvalue weighted by molar-refractivity contribution is -0.137. The first-order valence-electron chi connectivity index (χ1n) is 8.39. The van der Waals surface area contributed by atoms with Crippen LogP contribution in [-0.2, 0) is 17.4 Å². The van der Waals surface area contributed by atoms with Gasteiger partial charge in [-0.15, -0.1) is 10.2 Å². The first kappa shape index (κ1) is 19.8. The van der Waals surface area contributed by atoms with Gasteiger partial charge in [-0.05, 0) is 25.3 Å². The summed E-state index contributed by atoms with van der Waals surface area (Å²) >= 11 is 7.34. The first-order valence-corrected chi connectivity index (χ1v) is 9.58. The molecule has 0 unspecified atom stereocenters. The maximum Gasteiger partial charge on any atom is 0.417 e. The second-order valence-electron chi connectivity index (χ2n) is 6.13. The molecule has 0 aliphatic carbocycles. The number of piperidine rings is 1. The highest BCUT2D eigenvalue weighted by Gasteiger charge is 2.33. The molecule has 1 aliphatic heterocycles. The molecule has 1 amide bonds. The number of halogens is 4. The number of carbonyl (C=O) groups excluding carboxylic acids is 1. The fraction of sp³-hybridized carbons (Fsp3) is 0.500. The van der Waals surface area contributed by atoms with Gasteiger partial charge < -0.3 is 10.2 Å². The van der Waals surface area contributed by atoms with E-state index in [0.717, 1.165) is 23.7 Å². The van der Waals surface area contributed by atoms with E-state index in [2.05, 4.69) is 20.5 Å². The summed E-state index contributed by atoms with van der Waals surface area (Å²) < 4.78 is 38.2. The molecular weight excluding hydrogens is 403 g/mol. The number of nitrogens with zero attached hydrogens (tertiary/aromatic N) is 4. The van der Waals surface area contributed by atoms with Gasteiger partial charge in [0.05, 0.1) is 10.6 Å². The number of amides is 1. The monoisotopic (exact) mass is 419 g/mol. The van der Waals surface area contributed by atoms with Crippen LogP contribution in [0, 0.1) is 5.92 Å². The minimum Gasteiger partial charge on any atom is -0.355 e. The normalized spacial score (nSPS) is 15.8. The Hall–Kier alpha value is -1.94. The van der Waals surface area contributed by atoms with Crippen molar-refractivity contribution in [2.75, 3.05) is 23.3 Å². The minimum atomic E-state index is -4.48. The van der Waals surface area contributed by atoms with Crippen LogP contribution in [0.5, 0.6) is 0 Å². The molecule has 0 radical (unpaired) electrons. The van der Waals surface area contributed by atoms with Gasteiger partial charge in [0.1, 0.15) is 10.8 Å². The van der Waals surface area contributed by atoms with Crippen LogP contribution >= 0.6 is 22.9 Å². The molecule has 0 bridgehead atoms. The number of pyridine rings is 1. The summed E-state index contributed by atoms with van der Waals surface area (Å²) in [5.74, 6) is -0.0244. The van der Waals surface area contributed by atoms with E-state index in [-0.39, 0.29) is 16.8 Å². The molecule has 2 aromatic rings. The Labute approximate surface area is 162 Å². The van der Waals surface area contributed by atoms with Gasteiger partial charge in [0.2, 0.25) is 11.0 Å². The smallest absolute Gasteiger partial charge is 0.355 e. The van der Waals surface area contributed by atoms with Crippen LogP contribution in [0.25, 0.3) is 0 Å². The van der Waals surface area contributed by atoms with Crippen LogP contribution in [0.2, 0.25) is 5.02 Å². The van der Waals surface area contributed by atoms with Crippen molar-refractivity contribution in [1.82, 2.24) is 15.2 Å². The van der Waals surface area contributed by atoms with Gasteiger partial charge in [-0.1, -0.05) is 29.9 Å². The largest absolute Gasteiger partial charge is 0.417 e. The first-order chi connectivity index (χ1) is 12.8. The van der Waals surface area contributed by atoms with E-state index in [9.17, 15) is 18.0 Å². The average Bonchev–Trinajstić information content (AvgIpc) is 3.08. The molecule has 3 heterocycles. The minimum absolute atomic E-state index is 0.0475. The number of aryl methyl sites for hydroxylation is 1. The van der Waals surface area contributed by atoms with E-state index in [1.807, 2.05) is 6.92 Å². The van der Waals surface area contributed by atoms with E-state index in [0.29, 0.717) is 36.9 Å². The van der Waals surface area contributed by atoms with Crippen molar-refractivity contribution in [3.63, 3.8) is 0 Å². The molecule has 11 heteroatoms. The van der Waals surface area contributed by atoms with Gasteiger partial charge in [-0.2, -0.15) is 13.2 Å². The third-order valence-corrected chi connectivity index (χ3v) is 5.57. The molecule has 6 nitrogen and oxygen atoms in total. The molecular formula is C16H17ClF3N5OS. The second kappa shape index (κ2) is 7.97. The summed E-state index contributed by atoms with van der Waals surface area (Å²) in [6.45, 7) is 2.92. The van der Waals surface area contributed by atoms with Crippen molar-refractivity contribution in [2.45, 2.75) is 32.4 Å². The summed E-state index contributed by atoms with van der Waals surface area (Å²) in [4.78, 5) is 18.0. The number of hydrogen-bond acceptors (Lipinski definition) is 6. The molecule has 146 valence electrons. The van der Waals surface area contributed by atoms with Gasteiger partial charge in [-0.25, -0.2) is 4.98 Å². The number of nitrogens with one attached hydrogen (secondary N) is 1. The summed E-state index contributed by atoms with van der Waals surface area (Å²) in [6.07, 6.45) is -1.86. The van der Waals surface area contributed by atoms with E-state index in [1.54, 1.807) is 4.90 Å². The third-order valence-electron chi connectivity index (χ3n) is 4.31. The zero-order chi connectivity index (χ0) is 19.6. The standard InChI is InChI=1S/C16H17ClF3N5OS/c1-2-12-23-24-15(27-12)22-14(26)9-3-5-25(6-4-9)13-11(17)7-10(8-21-13)16(18,19)20/h7-9H,2-6H2,1H3,(H,22,24,26). The molecule has 2 aromatic heterocycles. The van der Waals surface area contributed by atoms with E-state index in [4.69, 9.17) is 11.6 Å². The number of rotatable bonds is 4. The Morgan fingerprint density at radius 2 is 2.07 bits per heavy atom. The number of anilines is 2. The van der Waals surface area contributed by atoms with Crippen LogP contribution < -0.4 is 10.2 Å². The van der Waals surface area contributed by atoms with Crippen molar-refractivity contribution >= 4 is 39.8 Å². The quantitative estimate of drug-likeness (QED) is 0.810. The molecule has 0 saturated carbocycles. The number of aromatic nitrogens is 3. The van der Waals surface area contributed by atoms with E-state index < -0.39 is 11.7 Å². The van der Waals surface area contributed by atoms with Gasteiger partial charge in [0.15, 0.2) is 0 Å². The van der Waals surface area contributed by atoms with Crippen molar-refractivity contribution in [2.24, 2.45) is 5.92 Å². The topological polar surface area (TPSA) is 71.0 Å². The molecule has 1 N–H and O–H groups in total. The Kier molecular flexibility index (Phi) is 5.85. The van der Waals surface area contributed by atoms with Crippen LogP contribution in [0.4, 0.5) is 24.1 Å². The van der Waals surface area contributed by atoms with Gasteiger partial charge in [-0.3, -0.25) is 4.79 Å². The zero-order valence-corrected chi connectivity index (χ0v) is 16.0. The Morgan fingerprint density at radius 1 is 1.37 bits per heavy atom. The van der Waals surface area contributed by atoms with Gasteiger partial charge in [0, 0.05) is 25.2 Å². The molecule has 1 fully saturated rings. The van der Waals surface area contributed by atoms with Gasteiger partial charge >= 0.3 is 6.18 Å². The van der Waals surface area contributed by atoms with Gasteiger partial charge in [0.25, 0.3) is 0 Å². The van der Waals surface area contributed by atoms with Crippen LogP contribution in [-0.4, -0.2) is 34.2 Å². The maximum atomic E-state index is 12.7. The lowest BCUT2D eigenvalue weighted by Crippen LogP contribution is -2.38. The predicted molar refractivity (Wildman–Crippen MR) is 97.1 cm³/mol. The average molecular weight is 420 g/mol. The Balaban J connectivity index is 1.59.